The van der Waals surface area contributed by atoms with Crippen LogP contribution in [0.4, 0.5) is 13.2 Å². The minimum atomic E-state index is -4.56. The van der Waals surface area contributed by atoms with Crippen LogP contribution in [0.3, 0.4) is 0 Å². The molecule has 0 aliphatic heterocycles. The topological polar surface area (TPSA) is 72.3 Å². The normalized spacial score (nSPS) is 13.0. The molecule has 1 rings (SSSR count). The Morgan fingerprint density at radius 1 is 1.33 bits per heavy atom. The Morgan fingerprint density at radius 3 is 2.33 bits per heavy atom. The van der Waals surface area contributed by atoms with Crippen molar-refractivity contribution in [2.24, 2.45) is 11.5 Å². The summed E-state index contributed by atoms with van der Waals surface area (Å²) >= 11 is 2.96. The van der Waals surface area contributed by atoms with Crippen LogP contribution in [-0.2, 0) is 6.18 Å². The number of phenols is 1. The molecule has 0 unspecified atom stereocenters. The molecule has 0 saturated carbocycles. The minimum absolute atomic E-state index is 0. The predicted molar refractivity (Wildman–Crippen MR) is 68.7 cm³/mol. The van der Waals surface area contributed by atoms with Crippen LogP contribution in [0.15, 0.2) is 16.6 Å². The first-order valence-corrected chi connectivity index (χ1v) is 5.62. The lowest BCUT2D eigenvalue weighted by atomic mass is 9.97. The molecule has 0 heterocycles. The second-order valence-electron chi connectivity index (χ2n) is 3.54. The molecule has 0 fully saturated rings. The van der Waals surface area contributed by atoms with Crippen molar-refractivity contribution in [1.82, 2.24) is 0 Å². The fourth-order valence-electron chi connectivity index (χ4n) is 1.53. The standard InChI is InChI=1S/C10H12BrF3N2O.ClH/c11-6-2-1-5(10(12,13)14)8(9(6)17)7(16)3-4-15;/h1-2,7,17H,3-4,15-16H2;1H/t7-;/m0./s1. The van der Waals surface area contributed by atoms with Gasteiger partial charge in [0, 0.05) is 11.6 Å². The molecule has 104 valence electrons. The van der Waals surface area contributed by atoms with Gasteiger partial charge in [-0.2, -0.15) is 13.2 Å². The summed E-state index contributed by atoms with van der Waals surface area (Å²) in [4.78, 5) is 0. The van der Waals surface area contributed by atoms with Crippen molar-refractivity contribution in [3.8, 4) is 5.75 Å². The van der Waals surface area contributed by atoms with Crippen molar-refractivity contribution in [3.05, 3.63) is 27.7 Å². The van der Waals surface area contributed by atoms with Gasteiger partial charge in [0.25, 0.3) is 0 Å². The monoisotopic (exact) mass is 348 g/mol. The molecule has 0 aliphatic carbocycles. The van der Waals surface area contributed by atoms with Gasteiger partial charge in [-0.15, -0.1) is 12.4 Å². The summed E-state index contributed by atoms with van der Waals surface area (Å²) in [6.45, 7) is 0.143. The van der Waals surface area contributed by atoms with E-state index in [2.05, 4.69) is 15.9 Å². The van der Waals surface area contributed by atoms with Gasteiger partial charge in [0.05, 0.1) is 10.0 Å². The summed E-state index contributed by atoms with van der Waals surface area (Å²) < 4.78 is 38.4. The highest BCUT2D eigenvalue weighted by atomic mass is 79.9. The molecule has 0 aromatic heterocycles. The van der Waals surface area contributed by atoms with E-state index >= 15 is 0 Å². The van der Waals surface area contributed by atoms with Crippen molar-refractivity contribution >= 4 is 28.3 Å². The Morgan fingerprint density at radius 2 is 1.89 bits per heavy atom. The number of alkyl halides is 3. The molecular weight excluding hydrogens is 336 g/mol. The Kier molecular flexibility index (Phi) is 6.42. The molecule has 8 heteroatoms. The zero-order chi connectivity index (χ0) is 13.2. The summed E-state index contributed by atoms with van der Waals surface area (Å²) in [6.07, 6.45) is -4.40. The number of rotatable bonds is 3. The maximum Gasteiger partial charge on any atom is 0.416 e. The third-order valence-corrected chi connectivity index (χ3v) is 2.96. The highest BCUT2D eigenvalue weighted by molar-refractivity contribution is 9.10. The van der Waals surface area contributed by atoms with Crippen molar-refractivity contribution in [2.75, 3.05) is 6.54 Å². The van der Waals surface area contributed by atoms with Crippen LogP contribution >= 0.6 is 28.3 Å². The number of phenolic OH excluding ortho intramolecular Hbond substituents is 1. The molecule has 18 heavy (non-hydrogen) atoms. The molecule has 0 amide bonds. The Hall–Kier alpha value is -0.500. The number of nitrogens with two attached hydrogens (primary N) is 2. The largest absolute Gasteiger partial charge is 0.506 e. The third-order valence-electron chi connectivity index (χ3n) is 2.32. The van der Waals surface area contributed by atoms with Crippen molar-refractivity contribution in [1.29, 1.82) is 0 Å². The van der Waals surface area contributed by atoms with Gasteiger partial charge in [-0.05, 0) is 41.0 Å². The summed E-state index contributed by atoms with van der Waals surface area (Å²) in [5.74, 6) is -0.485. The molecule has 1 aromatic carbocycles. The van der Waals surface area contributed by atoms with Gasteiger partial charge in [0.2, 0.25) is 0 Å². The van der Waals surface area contributed by atoms with E-state index in [9.17, 15) is 18.3 Å². The summed E-state index contributed by atoms with van der Waals surface area (Å²) in [5.41, 5.74) is 9.62. The number of hydrogen-bond donors (Lipinski definition) is 3. The minimum Gasteiger partial charge on any atom is -0.506 e. The summed E-state index contributed by atoms with van der Waals surface area (Å²) in [5, 5.41) is 9.67. The zero-order valence-electron chi connectivity index (χ0n) is 9.17. The van der Waals surface area contributed by atoms with Crippen LogP contribution in [0.5, 0.6) is 5.75 Å². The molecule has 3 nitrogen and oxygen atoms in total. The van der Waals surface area contributed by atoms with Gasteiger partial charge in [-0.3, -0.25) is 0 Å². The Balaban J connectivity index is 0.00000289. The van der Waals surface area contributed by atoms with Gasteiger partial charge < -0.3 is 16.6 Å². The average molecular weight is 350 g/mol. The van der Waals surface area contributed by atoms with Gasteiger partial charge in [-0.1, -0.05) is 0 Å². The summed E-state index contributed by atoms with van der Waals surface area (Å²) in [7, 11) is 0. The molecule has 5 N–H and O–H groups in total. The van der Waals surface area contributed by atoms with Crippen LogP contribution in [-0.4, -0.2) is 11.7 Å². The molecular formula is C10H13BrClF3N2O. The van der Waals surface area contributed by atoms with E-state index in [4.69, 9.17) is 11.5 Å². The van der Waals surface area contributed by atoms with Crippen LogP contribution in [0.1, 0.15) is 23.6 Å². The summed E-state index contributed by atoms with van der Waals surface area (Å²) in [6, 6.07) is 1.07. The average Bonchev–Trinajstić information content (AvgIpc) is 2.20. The van der Waals surface area contributed by atoms with E-state index in [-0.39, 0.29) is 35.4 Å². The maximum absolute atomic E-state index is 12.7. The zero-order valence-corrected chi connectivity index (χ0v) is 11.6. The molecule has 1 aromatic rings. The van der Waals surface area contributed by atoms with E-state index in [0.717, 1.165) is 12.1 Å². The number of hydrogen-bond acceptors (Lipinski definition) is 3. The van der Waals surface area contributed by atoms with E-state index in [1.807, 2.05) is 0 Å². The molecule has 0 radical (unpaired) electrons. The predicted octanol–water partition coefficient (Wildman–Crippen LogP) is 2.94. The second kappa shape index (κ2) is 6.60. The van der Waals surface area contributed by atoms with Gasteiger partial charge >= 0.3 is 6.18 Å². The first-order valence-electron chi connectivity index (χ1n) is 4.83. The molecule has 1 atom stereocenters. The lowest BCUT2D eigenvalue weighted by molar-refractivity contribution is -0.138. The van der Waals surface area contributed by atoms with Crippen molar-refractivity contribution in [3.63, 3.8) is 0 Å². The first-order chi connectivity index (χ1) is 7.79. The van der Waals surface area contributed by atoms with Gasteiger partial charge in [0.15, 0.2) is 0 Å². The highest BCUT2D eigenvalue weighted by Crippen LogP contribution is 2.42. The van der Waals surface area contributed by atoms with E-state index < -0.39 is 23.5 Å². The smallest absolute Gasteiger partial charge is 0.416 e. The fourth-order valence-corrected chi connectivity index (χ4v) is 1.87. The molecule has 0 spiro atoms. The van der Waals surface area contributed by atoms with E-state index in [1.54, 1.807) is 0 Å². The Bertz CT molecular complexity index is 415. The van der Waals surface area contributed by atoms with Crippen LogP contribution in [0, 0.1) is 0 Å². The van der Waals surface area contributed by atoms with E-state index in [1.165, 1.54) is 0 Å². The van der Waals surface area contributed by atoms with Crippen LogP contribution in [0.25, 0.3) is 0 Å². The lowest BCUT2D eigenvalue weighted by Crippen LogP contribution is -2.20. The van der Waals surface area contributed by atoms with Crippen LogP contribution < -0.4 is 11.5 Å². The fraction of sp³-hybridized carbons (Fsp3) is 0.400. The van der Waals surface area contributed by atoms with Crippen LogP contribution in [0.2, 0.25) is 0 Å². The number of halogens is 5. The number of benzene rings is 1. The molecule has 0 bridgehead atoms. The lowest BCUT2D eigenvalue weighted by Gasteiger charge is -2.19. The maximum atomic E-state index is 12.7. The number of aromatic hydroxyl groups is 1. The molecule has 0 saturated heterocycles. The molecule has 0 aliphatic rings. The van der Waals surface area contributed by atoms with E-state index in [0.29, 0.717) is 0 Å². The van der Waals surface area contributed by atoms with Crippen molar-refractivity contribution in [2.45, 2.75) is 18.6 Å². The quantitative estimate of drug-likeness (QED) is 0.785. The van der Waals surface area contributed by atoms with Gasteiger partial charge in [0.1, 0.15) is 5.75 Å². The second-order valence-corrected chi connectivity index (χ2v) is 4.39. The highest BCUT2D eigenvalue weighted by Gasteiger charge is 2.36. The first kappa shape index (κ1) is 17.5. The Labute approximate surface area is 117 Å². The van der Waals surface area contributed by atoms with Gasteiger partial charge in [-0.25, -0.2) is 0 Å². The van der Waals surface area contributed by atoms with Crippen molar-refractivity contribution < 1.29 is 18.3 Å². The SMILES string of the molecule is Cl.NCC[C@H](N)c1c(C(F)(F)F)ccc(Br)c1O. The third kappa shape index (κ3) is 3.74.